The van der Waals surface area contributed by atoms with Gasteiger partial charge in [-0.15, -0.1) is 0 Å². The van der Waals surface area contributed by atoms with Crippen LogP contribution in [0.3, 0.4) is 0 Å². The average Bonchev–Trinajstić information content (AvgIpc) is 2.65. The van der Waals surface area contributed by atoms with E-state index in [1.165, 1.54) is 0 Å². The summed E-state index contributed by atoms with van der Waals surface area (Å²) in [4.78, 5) is 40.9. The van der Waals surface area contributed by atoms with E-state index in [0.29, 0.717) is 37.7 Å². The number of carbonyl (C=O) groups is 3. The number of nitrogens with zero attached hydrogens (tertiary/aromatic N) is 2. The van der Waals surface area contributed by atoms with Crippen LogP contribution >= 0.6 is 0 Å². The summed E-state index contributed by atoms with van der Waals surface area (Å²) in [5.41, 5.74) is 5.88. The Morgan fingerprint density at radius 3 is 2.35 bits per heavy atom. The zero-order chi connectivity index (χ0) is 23.0. The van der Waals surface area contributed by atoms with Gasteiger partial charge < -0.3 is 31.3 Å². The Morgan fingerprint density at radius 2 is 1.81 bits per heavy atom. The predicted molar refractivity (Wildman–Crippen MR) is 118 cm³/mol. The van der Waals surface area contributed by atoms with Crippen LogP contribution in [0.2, 0.25) is 0 Å². The van der Waals surface area contributed by atoms with Crippen LogP contribution in [0.4, 0.5) is 4.79 Å². The summed E-state index contributed by atoms with van der Waals surface area (Å²) in [7, 11) is 0. The van der Waals surface area contributed by atoms with E-state index in [1.807, 2.05) is 27.7 Å². The molecule has 10 heteroatoms. The summed E-state index contributed by atoms with van der Waals surface area (Å²) in [6.45, 7) is 9.53. The van der Waals surface area contributed by atoms with E-state index in [0.717, 1.165) is 5.56 Å². The maximum Gasteiger partial charge on any atom is 0.410 e. The third-order valence-corrected chi connectivity index (χ3v) is 4.28. The minimum absolute atomic E-state index is 0.0987. The molecule has 0 atom stereocenters. The highest BCUT2D eigenvalue weighted by Crippen LogP contribution is 2.15. The lowest BCUT2D eigenvalue weighted by Crippen LogP contribution is -2.63. The molecule has 0 aliphatic carbocycles. The Morgan fingerprint density at radius 1 is 1.16 bits per heavy atom. The Hall–Kier alpha value is -3.30. The molecule has 1 aliphatic rings. The van der Waals surface area contributed by atoms with Crippen molar-refractivity contribution in [3.8, 4) is 0 Å². The molecule has 0 spiro atoms. The van der Waals surface area contributed by atoms with Gasteiger partial charge in [-0.1, -0.05) is 12.1 Å². The zero-order valence-corrected chi connectivity index (χ0v) is 18.5. The van der Waals surface area contributed by atoms with E-state index >= 15 is 0 Å². The van der Waals surface area contributed by atoms with Crippen molar-refractivity contribution in [2.75, 3.05) is 26.2 Å². The van der Waals surface area contributed by atoms with E-state index < -0.39 is 11.5 Å². The summed E-state index contributed by atoms with van der Waals surface area (Å²) in [5, 5.41) is 8.94. The van der Waals surface area contributed by atoms with Crippen molar-refractivity contribution in [2.24, 2.45) is 10.7 Å². The van der Waals surface area contributed by atoms with E-state index in [2.05, 4.69) is 20.9 Å². The van der Waals surface area contributed by atoms with Crippen molar-refractivity contribution in [1.29, 1.82) is 0 Å². The lowest BCUT2D eigenvalue weighted by molar-refractivity contribution is -0.117. The van der Waals surface area contributed by atoms with Gasteiger partial charge in [-0.25, -0.2) is 9.79 Å². The van der Waals surface area contributed by atoms with Crippen molar-refractivity contribution in [3.05, 3.63) is 35.4 Å². The first-order chi connectivity index (χ1) is 14.6. The highest BCUT2D eigenvalue weighted by atomic mass is 16.6. The Kier molecular flexibility index (Phi) is 8.23. The Labute approximate surface area is 182 Å². The molecular formula is C21H32N6O4. The molecule has 1 saturated heterocycles. The second-order valence-electron chi connectivity index (χ2n) is 8.27. The Balaban J connectivity index is 1.85. The molecule has 0 aromatic heterocycles. The fourth-order valence-corrected chi connectivity index (χ4v) is 2.76. The molecule has 2 rings (SSSR count). The number of amides is 3. The smallest absolute Gasteiger partial charge is 0.410 e. The van der Waals surface area contributed by atoms with Gasteiger partial charge in [-0.2, -0.15) is 0 Å². The average molecular weight is 433 g/mol. The van der Waals surface area contributed by atoms with E-state index in [1.54, 1.807) is 29.2 Å². The lowest BCUT2D eigenvalue weighted by Gasteiger charge is -2.40. The van der Waals surface area contributed by atoms with Gasteiger partial charge in [-0.05, 0) is 45.4 Å². The third kappa shape index (κ3) is 8.15. The van der Waals surface area contributed by atoms with Gasteiger partial charge in [0, 0.05) is 25.2 Å². The van der Waals surface area contributed by atoms with E-state index in [-0.39, 0.29) is 24.6 Å². The normalized spacial score (nSPS) is 14.5. The predicted octanol–water partition coefficient (Wildman–Crippen LogP) is 0.576. The second kappa shape index (κ2) is 10.6. The van der Waals surface area contributed by atoms with Crippen LogP contribution < -0.4 is 21.7 Å². The topological polar surface area (TPSA) is 138 Å². The number of benzene rings is 1. The van der Waals surface area contributed by atoms with Gasteiger partial charge in [-0.3, -0.25) is 9.59 Å². The van der Waals surface area contributed by atoms with Crippen molar-refractivity contribution < 1.29 is 19.1 Å². The van der Waals surface area contributed by atoms with Gasteiger partial charge >= 0.3 is 6.09 Å². The quantitative estimate of drug-likeness (QED) is 0.367. The first-order valence-corrected chi connectivity index (χ1v) is 10.3. The number of hydrogen-bond donors (Lipinski definition) is 4. The molecule has 10 nitrogen and oxygen atoms in total. The van der Waals surface area contributed by atoms with Crippen LogP contribution in [0, 0.1) is 0 Å². The first-order valence-electron chi connectivity index (χ1n) is 10.3. The number of hydrogen-bond acceptors (Lipinski definition) is 5. The fraction of sp³-hybridized carbons (Fsp3) is 0.524. The minimum atomic E-state index is -0.594. The van der Waals surface area contributed by atoms with Crippen LogP contribution in [-0.4, -0.2) is 66.6 Å². The number of likely N-dealkylation sites (tertiary alicyclic amines) is 1. The van der Waals surface area contributed by atoms with Gasteiger partial charge in [0.05, 0.1) is 19.1 Å². The zero-order valence-electron chi connectivity index (χ0n) is 18.5. The number of nitrogens with two attached hydrogens (primary N) is 1. The number of aliphatic imine (C=N–C) groups is 1. The highest BCUT2D eigenvalue weighted by molar-refractivity contribution is 5.96. The molecule has 0 radical (unpaired) electrons. The molecule has 170 valence electrons. The molecule has 5 N–H and O–H groups in total. The maximum atomic E-state index is 12.0. The summed E-state index contributed by atoms with van der Waals surface area (Å²) >= 11 is 0. The molecule has 1 fully saturated rings. The van der Waals surface area contributed by atoms with Crippen molar-refractivity contribution in [3.63, 3.8) is 0 Å². The molecule has 1 aliphatic heterocycles. The summed E-state index contributed by atoms with van der Waals surface area (Å²) in [5.74, 6) is -0.300. The molecular weight excluding hydrogens is 400 g/mol. The fourth-order valence-electron chi connectivity index (χ4n) is 2.76. The Bertz CT molecular complexity index is 810. The number of guanidine groups is 1. The minimum Gasteiger partial charge on any atom is -0.444 e. The largest absolute Gasteiger partial charge is 0.444 e. The van der Waals surface area contributed by atoms with Crippen LogP contribution in [0.25, 0.3) is 0 Å². The van der Waals surface area contributed by atoms with Crippen LogP contribution in [-0.2, 0) is 16.1 Å². The molecule has 0 bridgehead atoms. The van der Waals surface area contributed by atoms with Crippen molar-refractivity contribution >= 4 is 23.9 Å². The SMILES string of the molecule is CCNC(=NCc1ccc(C(=O)NCC(N)=O)cc1)NC1CN(C(=O)OC(C)(C)C)C1. The maximum absolute atomic E-state index is 12.0. The van der Waals surface area contributed by atoms with E-state index in [9.17, 15) is 14.4 Å². The van der Waals surface area contributed by atoms with Gasteiger partial charge in [0.2, 0.25) is 5.91 Å². The van der Waals surface area contributed by atoms with Crippen molar-refractivity contribution in [1.82, 2.24) is 20.9 Å². The molecule has 1 aromatic rings. The number of ether oxygens (including phenoxy) is 1. The highest BCUT2D eigenvalue weighted by Gasteiger charge is 2.34. The molecule has 0 unspecified atom stereocenters. The first kappa shape index (κ1) is 24.0. The summed E-state index contributed by atoms with van der Waals surface area (Å²) in [6, 6.07) is 7.06. The van der Waals surface area contributed by atoms with Gasteiger partial charge in [0.15, 0.2) is 5.96 Å². The van der Waals surface area contributed by atoms with Crippen LogP contribution in [0.1, 0.15) is 43.6 Å². The lowest BCUT2D eigenvalue weighted by atomic mass is 10.1. The van der Waals surface area contributed by atoms with Crippen molar-refractivity contribution in [2.45, 2.75) is 45.9 Å². The summed E-state index contributed by atoms with van der Waals surface area (Å²) in [6.07, 6.45) is -0.313. The standard InChI is InChI=1S/C21H32N6O4/c1-5-23-19(26-16-12-27(13-16)20(30)31-21(2,3)4)25-10-14-6-8-15(9-7-14)18(29)24-11-17(22)28/h6-9,16H,5,10-13H2,1-4H3,(H2,22,28)(H,24,29)(H2,23,25,26). The summed E-state index contributed by atoms with van der Waals surface area (Å²) < 4.78 is 5.36. The van der Waals surface area contributed by atoms with E-state index in [4.69, 9.17) is 10.5 Å². The number of rotatable bonds is 7. The second-order valence-corrected chi connectivity index (χ2v) is 8.27. The monoisotopic (exact) mass is 432 g/mol. The number of primary amides is 1. The number of nitrogens with one attached hydrogen (secondary N) is 3. The molecule has 1 aromatic carbocycles. The third-order valence-electron chi connectivity index (χ3n) is 4.28. The molecule has 31 heavy (non-hydrogen) atoms. The van der Waals surface area contributed by atoms with Crippen LogP contribution in [0.5, 0.6) is 0 Å². The molecule has 0 saturated carbocycles. The van der Waals surface area contributed by atoms with Crippen LogP contribution in [0.15, 0.2) is 29.3 Å². The molecule has 3 amide bonds. The van der Waals surface area contributed by atoms with Gasteiger partial charge in [0.25, 0.3) is 5.91 Å². The molecule has 1 heterocycles. The number of carbonyl (C=O) groups excluding carboxylic acids is 3. The van der Waals surface area contributed by atoms with Gasteiger partial charge in [0.1, 0.15) is 5.60 Å².